The Kier molecular flexibility index (Phi) is 5.15. The Morgan fingerprint density at radius 3 is 2.67 bits per heavy atom. The summed E-state index contributed by atoms with van der Waals surface area (Å²) in [5.41, 5.74) is 0.0479. The van der Waals surface area contributed by atoms with Gasteiger partial charge in [0.1, 0.15) is 11.8 Å². The molecule has 0 saturated carbocycles. The van der Waals surface area contributed by atoms with Crippen molar-refractivity contribution in [3.8, 4) is 5.75 Å². The number of carbonyl (C=O) groups excluding carboxylic acids is 1. The number of carbonyl (C=O) groups is 2. The number of nitrogens with one attached hydrogen (secondary N) is 1. The number of phenolic OH excluding ortho intramolecular Hbond substituents is 1. The molecular formula is C12H14BrNO4. The van der Waals surface area contributed by atoms with E-state index >= 15 is 0 Å². The minimum Gasteiger partial charge on any atom is -0.507 e. The van der Waals surface area contributed by atoms with Crippen LogP contribution in [0.2, 0.25) is 0 Å². The van der Waals surface area contributed by atoms with Crippen LogP contribution in [0, 0.1) is 0 Å². The SMILES string of the molecule is CCC[C@H](NC(=O)c1cc(Br)ccc1O)C(=O)O. The van der Waals surface area contributed by atoms with Gasteiger partial charge in [0.25, 0.3) is 5.91 Å². The van der Waals surface area contributed by atoms with Gasteiger partial charge < -0.3 is 15.5 Å². The number of carboxylic acids is 1. The lowest BCUT2D eigenvalue weighted by atomic mass is 10.1. The second-order valence-electron chi connectivity index (χ2n) is 3.81. The van der Waals surface area contributed by atoms with E-state index in [-0.39, 0.29) is 11.3 Å². The number of aliphatic carboxylic acids is 1. The van der Waals surface area contributed by atoms with Crippen LogP contribution < -0.4 is 5.32 Å². The molecule has 5 nitrogen and oxygen atoms in total. The van der Waals surface area contributed by atoms with Crippen LogP contribution >= 0.6 is 15.9 Å². The summed E-state index contributed by atoms with van der Waals surface area (Å²) >= 11 is 3.18. The third-order valence-electron chi connectivity index (χ3n) is 2.38. The Bertz CT molecular complexity index is 461. The fraction of sp³-hybridized carbons (Fsp3) is 0.333. The van der Waals surface area contributed by atoms with Crippen LogP contribution in [0.1, 0.15) is 30.1 Å². The van der Waals surface area contributed by atoms with Crippen molar-refractivity contribution < 1.29 is 19.8 Å². The molecular weight excluding hydrogens is 302 g/mol. The van der Waals surface area contributed by atoms with Gasteiger partial charge in [-0.3, -0.25) is 4.79 Å². The monoisotopic (exact) mass is 315 g/mol. The van der Waals surface area contributed by atoms with E-state index in [0.29, 0.717) is 17.3 Å². The van der Waals surface area contributed by atoms with Gasteiger partial charge in [-0.05, 0) is 24.6 Å². The van der Waals surface area contributed by atoms with Gasteiger partial charge in [0.2, 0.25) is 0 Å². The highest BCUT2D eigenvalue weighted by Gasteiger charge is 2.21. The van der Waals surface area contributed by atoms with Crippen LogP contribution in [-0.2, 0) is 4.79 Å². The lowest BCUT2D eigenvalue weighted by Gasteiger charge is -2.14. The van der Waals surface area contributed by atoms with Gasteiger partial charge in [-0.2, -0.15) is 0 Å². The second-order valence-corrected chi connectivity index (χ2v) is 4.73. The maximum Gasteiger partial charge on any atom is 0.326 e. The highest BCUT2D eigenvalue weighted by molar-refractivity contribution is 9.10. The largest absolute Gasteiger partial charge is 0.507 e. The number of hydrogen-bond donors (Lipinski definition) is 3. The van der Waals surface area contributed by atoms with Crippen molar-refractivity contribution in [1.82, 2.24) is 5.32 Å². The summed E-state index contributed by atoms with van der Waals surface area (Å²) in [5, 5.41) is 20.9. The summed E-state index contributed by atoms with van der Waals surface area (Å²) in [6.45, 7) is 1.83. The van der Waals surface area contributed by atoms with E-state index in [1.807, 2.05) is 6.92 Å². The summed E-state index contributed by atoms with van der Waals surface area (Å²) in [5.74, 6) is -1.87. The third-order valence-corrected chi connectivity index (χ3v) is 2.88. The molecule has 1 aromatic carbocycles. The Hall–Kier alpha value is -1.56. The van der Waals surface area contributed by atoms with E-state index in [1.165, 1.54) is 12.1 Å². The molecule has 1 aromatic rings. The van der Waals surface area contributed by atoms with E-state index in [9.17, 15) is 14.7 Å². The number of amides is 1. The number of hydrogen-bond acceptors (Lipinski definition) is 3. The maximum atomic E-state index is 11.9. The number of carboxylic acid groups (broad SMARTS) is 1. The van der Waals surface area contributed by atoms with Crippen molar-refractivity contribution in [3.05, 3.63) is 28.2 Å². The summed E-state index contributed by atoms with van der Waals surface area (Å²) in [7, 11) is 0. The first-order valence-electron chi connectivity index (χ1n) is 5.48. The molecule has 0 spiro atoms. The van der Waals surface area contributed by atoms with Gasteiger partial charge in [0.05, 0.1) is 5.56 Å². The average Bonchev–Trinajstić information content (AvgIpc) is 2.31. The van der Waals surface area contributed by atoms with Crippen molar-refractivity contribution in [2.24, 2.45) is 0 Å². The molecule has 0 aliphatic carbocycles. The van der Waals surface area contributed by atoms with E-state index in [2.05, 4.69) is 21.2 Å². The first kappa shape index (κ1) is 14.5. The van der Waals surface area contributed by atoms with Crippen molar-refractivity contribution >= 4 is 27.8 Å². The molecule has 0 bridgehead atoms. The van der Waals surface area contributed by atoms with Crippen molar-refractivity contribution in [2.45, 2.75) is 25.8 Å². The fourth-order valence-corrected chi connectivity index (χ4v) is 1.83. The van der Waals surface area contributed by atoms with Gasteiger partial charge in [0, 0.05) is 4.47 Å². The number of halogens is 1. The minimum atomic E-state index is -1.08. The molecule has 0 aliphatic heterocycles. The van der Waals surface area contributed by atoms with Crippen molar-refractivity contribution in [2.75, 3.05) is 0 Å². The fourth-order valence-electron chi connectivity index (χ4n) is 1.47. The van der Waals surface area contributed by atoms with Gasteiger partial charge in [-0.15, -0.1) is 0 Å². The van der Waals surface area contributed by atoms with Crippen LogP contribution in [0.15, 0.2) is 22.7 Å². The molecule has 1 rings (SSSR count). The van der Waals surface area contributed by atoms with Gasteiger partial charge >= 0.3 is 5.97 Å². The molecule has 0 aromatic heterocycles. The molecule has 98 valence electrons. The molecule has 0 saturated heterocycles. The van der Waals surface area contributed by atoms with Crippen LogP contribution in [0.25, 0.3) is 0 Å². The van der Waals surface area contributed by atoms with Crippen molar-refractivity contribution in [3.63, 3.8) is 0 Å². The Balaban J connectivity index is 2.86. The predicted octanol–water partition coefficient (Wildman–Crippen LogP) is 2.14. The van der Waals surface area contributed by atoms with Crippen LogP contribution in [0.3, 0.4) is 0 Å². The Labute approximate surface area is 113 Å². The van der Waals surface area contributed by atoms with Crippen LogP contribution in [0.5, 0.6) is 5.75 Å². The molecule has 1 amide bonds. The van der Waals surface area contributed by atoms with Gasteiger partial charge in [0.15, 0.2) is 0 Å². The van der Waals surface area contributed by atoms with E-state index in [1.54, 1.807) is 6.07 Å². The highest BCUT2D eigenvalue weighted by atomic mass is 79.9. The highest BCUT2D eigenvalue weighted by Crippen LogP contribution is 2.21. The Morgan fingerprint density at radius 1 is 1.44 bits per heavy atom. The zero-order chi connectivity index (χ0) is 13.7. The van der Waals surface area contributed by atoms with E-state index < -0.39 is 17.9 Å². The second kappa shape index (κ2) is 6.39. The predicted molar refractivity (Wildman–Crippen MR) is 69.6 cm³/mol. The normalized spacial score (nSPS) is 11.9. The summed E-state index contributed by atoms with van der Waals surface area (Å²) < 4.78 is 0.632. The summed E-state index contributed by atoms with van der Waals surface area (Å²) in [4.78, 5) is 22.8. The number of rotatable bonds is 5. The third kappa shape index (κ3) is 3.73. The number of phenols is 1. The number of aromatic hydroxyl groups is 1. The van der Waals surface area contributed by atoms with Crippen LogP contribution in [0.4, 0.5) is 0 Å². The molecule has 6 heteroatoms. The molecule has 3 N–H and O–H groups in total. The molecule has 1 atom stereocenters. The van der Waals surface area contributed by atoms with E-state index in [0.717, 1.165) is 0 Å². The van der Waals surface area contributed by atoms with Gasteiger partial charge in [-0.1, -0.05) is 29.3 Å². The van der Waals surface area contributed by atoms with E-state index in [4.69, 9.17) is 5.11 Å². The molecule has 0 unspecified atom stereocenters. The molecule has 0 radical (unpaired) electrons. The lowest BCUT2D eigenvalue weighted by molar-refractivity contribution is -0.139. The first-order valence-corrected chi connectivity index (χ1v) is 6.27. The standard InChI is InChI=1S/C12H14BrNO4/c1-2-3-9(12(17)18)14-11(16)8-6-7(13)4-5-10(8)15/h4-6,9,15H,2-3H2,1H3,(H,14,16)(H,17,18)/t9-/m0/s1. The average molecular weight is 316 g/mol. The topological polar surface area (TPSA) is 86.6 Å². The maximum absolute atomic E-state index is 11.9. The van der Waals surface area contributed by atoms with Crippen molar-refractivity contribution in [1.29, 1.82) is 0 Å². The summed E-state index contributed by atoms with van der Waals surface area (Å²) in [6.07, 6.45) is 0.984. The van der Waals surface area contributed by atoms with Crippen LogP contribution in [-0.4, -0.2) is 28.1 Å². The Morgan fingerprint density at radius 2 is 2.11 bits per heavy atom. The number of benzene rings is 1. The first-order chi connectivity index (χ1) is 8.45. The molecule has 0 fully saturated rings. The molecule has 0 aliphatic rings. The minimum absolute atomic E-state index is 0.0479. The molecule has 0 heterocycles. The zero-order valence-corrected chi connectivity index (χ0v) is 11.4. The van der Waals surface area contributed by atoms with Gasteiger partial charge in [-0.25, -0.2) is 4.79 Å². The summed E-state index contributed by atoms with van der Waals surface area (Å²) in [6, 6.07) is 3.46. The quantitative estimate of drug-likeness (QED) is 0.777. The lowest BCUT2D eigenvalue weighted by Crippen LogP contribution is -2.40. The molecule has 18 heavy (non-hydrogen) atoms. The zero-order valence-electron chi connectivity index (χ0n) is 9.81. The smallest absolute Gasteiger partial charge is 0.326 e.